The summed E-state index contributed by atoms with van der Waals surface area (Å²) in [6.45, 7) is 8.92. The first-order chi connectivity index (χ1) is 19.8. The lowest BCUT2D eigenvalue weighted by Gasteiger charge is -2.14. The van der Waals surface area contributed by atoms with E-state index >= 15 is 0 Å². The molecule has 0 heterocycles. The molecule has 0 nitrogen and oxygen atoms in total. The summed E-state index contributed by atoms with van der Waals surface area (Å²) in [6, 6.07) is 7.09. The van der Waals surface area contributed by atoms with E-state index in [9.17, 15) is 0 Å². The second-order valence-corrected chi connectivity index (χ2v) is 13.0. The van der Waals surface area contributed by atoms with Gasteiger partial charge in [-0.05, 0) is 55.7 Å². The molecule has 0 N–H and O–H groups in total. The lowest BCUT2D eigenvalue weighted by Crippen LogP contribution is -2.00. The van der Waals surface area contributed by atoms with E-state index in [1.165, 1.54) is 193 Å². The smallest absolute Gasteiger partial charge is 0.0273 e. The van der Waals surface area contributed by atoms with E-state index in [1.807, 2.05) is 0 Å². The molecule has 0 saturated heterocycles. The van der Waals surface area contributed by atoms with Crippen molar-refractivity contribution in [3.05, 3.63) is 41.8 Å². The highest BCUT2D eigenvalue weighted by molar-refractivity contribution is 5.36. The van der Waals surface area contributed by atoms with Crippen LogP contribution in [0.15, 0.2) is 18.2 Å². The Morgan fingerprint density at radius 1 is 0.375 bits per heavy atom. The highest BCUT2D eigenvalue weighted by atomic mass is 14.1. The first-order valence-corrected chi connectivity index (χ1v) is 18.7. The maximum atomic E-state index is 4.31. The van der Waals surface area contributed by atoms with Gasteiger partial charge in [0.2, 0.25) is 0 Å². The molecule has 0 unspecified atom stereocenters. The minimum absolute atomic E-state index is 0.961. The van der Waals surface area contributed by atoms with Gasteiger partial charge in [0, 0.05) is 0 Å². The lowest BCUT2D eigenvalue weighted by molar-refractivity contribution is 0.535. The molecular weight excluding hydrogens is 480 g/mol. The second kappa shape index (κ2) is 29.7. The molecule has 1 aromatic carbocycles. The Labute approximate surface area is 254 Å². The third kappa shape index (κ3) is 21.9. The van der Waals surface area contributed by atoms with Crippen LogP contribution in [0, 0.1) is 6.92 Å². The average Bonchev–Trinajstić information content (AvgIpc) is 2.97. The molecule has 0 bridgehead atoms. The van der Waals surface area contributed by atoms with Crippen LogP contribution < -0.4 is 0 Å². The zero-order valence-corrected chi connectivity index (χ0v) is 27.9. The van der Waals surface area contributed by atoms with Crippen molar-refractivity contribution in [1.82, 2.24) is 0 Å². The fraction of sp³-hybridized carbons (Fsp3) is 0.825. The first-order valence-electron chi connectivity index (χ1n) is 18.7. The van der Waals surface area contributed by atoms with Gasteiger partial charge in [-0.2, -0.15) is 0 Å². The Morgan fingerprint density at radius 2 is 0.625 bits per heavy atom. The summed E-state index contributed by atoms with van der Waals surface area (Å²) in [5.41, 5.74) is 4.76. The summed E-state index contributed by atoms with van der Waals surface area (Å²) in [6.07, 6.45) is 43.7. The van der Waals surface area contributed by atoms with E-state index in [4.69, 9.17) is 0 Å². The zero-order valence-electron chi connectivity index (χ0n) is 27.9. The monoisotopic (exact) mass is 554 g/mol. The molecule has 0 atom stereocenters. The van der Waals surface area contributed by atoms with Gasteiger partial charge in [0.25, 0.3) is 0 Å². The van der Waals surface area contributed by atoms with Gasteiger partial charge in [-0.1, -0.05) is 199 Å². The predicted octanol–water partition coefficient (Wildman–Crippen LogP) is 14.1. The van der Waals surface area contributed by atoms with Crippen molar-refractivity contribution in [2.75, 3.05) is 0 Å². The number of rotatable bonds is 31. The molecular formula is C40H73. The van der Waals surface area contributed by atoms with Crippen molar-refractivity contribution in [3.63, 3.8) is 0 Å². The van der Waals surface area contributed by atoms with Crippen LogP contribution in [0.25, 0.3) is 0 Å². The normalized spacial score (nSPS) is 11.5. The van der Waals surface area contributed by atoms with E-state index in [-0.39, 0.29) is 0 Å². The van der Waals surface area contributed by atoms with Gasteiger partial charge in [-0.25, -0.2) is 0 Å². The van der Waals surface area contributed by atoms with Crippen molar-refractivity contribution in [1.29, 1.82) is 0 Å². The Kier molecular flexibility index (Phi) is 27.7. The van der Waals surface area contributed by atoms with Gasteiger partial charge in [-0.3, -0.25) is 0 Å². The summed E-state index contributed by atoms with van der Waals surface area (Å²) in [5, 5.41) is 0. The lowest BCUT2D eigenvalue weighted by atomic mass is 9.92. The molecule has 1 rings (SSSR count). The predicted molar refractivity (Wildman–Crippen MR) is 184 cm³/mol. The molecule has 0 aliphatic heterocycles. The molecule has 0 saturated carbocycles. The minimum Gasteiger partial charge on any atom is -0.0654 e. The van der Waals surface area contributed by atoms with Gasteiger partial charge < -0.3 is 0 Å². The van der Waals surface area contributed by atoms with Crippen LogP contribution in [0.4, 0.5) is 0 Å². The number of hydrogen-bond acceptors (Lipinski definition) is 0. The molecule has 0 heteroatoms. The Bertz CT molecular complexity index is 579. The molecule has 0 spiro atoms. The average molecular weight is 554 g/mol. The van der Waals surface area contributed by atoms with Crippen molar-refractivity contribution >= 4 is 0 Å². The quantitative estimate of drug-likeness (QED) is 0.0802. The standard InChI is InChI=1S/C40H73/c1-4-7-9-11-13-15-17-19-21-23-25-27-29-31-34-38-36-33-37-39(40(38)6-3)35-32-30-28-26-24-22-20-18-16-14-12-10-8-5-2/h33,36-37H,3-32,34-35H2,1-2H3. The van der Waals surface area contributed by atoms with Crippen molar-refractivity contribution in [2.45, 2.75) is 213 Å². The Balaban J connectivity index is 2.02. The number of aryl methyl sites for hydroxylation is 2. The van der Waals surface area contributed by atoms with E-state index in [0.29, 0.717) is 0 Å². The molecule has 40 heavy (non-hydrogen) atoms. The molecule has 233 valence electrons. The summed E-state index contributed by atoms with van der Waals surface area (Å²) < 4.78 is 0. The van der Waals surface area contributed by atoms with Gasteiger partial charge >= 0.3 is 0 Å². The fourth-order valence-electron chi connectivity index (χ4n) is 6.50. The van der Waals surface area contributed by atoms with Crippen molar-refractivity contribution < 1.29 is 0 Å². The number of benzene rings is 1. The number of unbranched alkanes of at least 4 members (excludes halogenated alkanes) is 26. The van der Waals surface area contributed by atoms with Crippen LogP contribution in [-0.2, 0) is 19.3 Å². The molecule has 0 aliphatic rings. The molecule has 1 aromatic rings. The maximum absolute atomic E-state index is 4.31. The third-order valence-electron chi connectivity index (χ3n) is 9.22. The van der Waals surface area contributed by atoms with Gasteiger partial charge in [0.05, 0.1) is 0 Å². The fourth-order valence-corrected chi connectivity index (χ4v) is 6.50. The van der Waals surface area contributed by atoms with Crippen LogP contribution in [0.5, 0.6) is 0 Å². The minimum atomic E-state index is 0.961. The molecule has 0 aromatic heterocycles. The molecule has 0 amide bonds. The van der Waals surface area contributed by atoms with Crippen molar-refractivity contribution in [2.24, 2.45) is 0 Å². The second-order valence-electron chi connectivity index (χ2n) is 13.0. The highest BCUT2D eigenvalue weighted by Gasteiger charge is 2.07. The van der Waals surface area contributed by atoms with Crippen LogP contribution in [0.1, 0.15) is 210 Å². The van der Waals surface area contributed by atoms with Crippen LogP contribution in [-0.4, -0.2) is 0 Å². The van der Waals surface area contributed by atoms with Gasteiger partial charge in [-0.15, -0.1) is 0 Å². The first kappa shape index (κ1) is 37.2. The zero-order chi connectivity index (χ0) is 28.8. The maximum Gasteiger partial charge on any atom is -0.0273 e. The summed E-state index contributed by atoms with van der Waals surface area (Å²) in [7, 11) is 0. The van der Waals surface area contributed by atoms with Crippen LogP contribution in [0.3, 0.4) is 0 Å². The van der Waals surface area contributed by atoms with E-state index in [1.54, 1.807) is 16.7 Å². The highest BCUT2D eigenvalue weighted by Crippen LogP contribution is 2.22. The Morgan fingerprint density at radius 3 is 0.875 bits per heavy atom. The van der Waals surface area contributed by atoms with Gasteiger partial charge in [0.15, 0.2) is 0 Å². The Hall–Kier alpha value is -0.780. The SMILES string of the molecule is [CH2]Cc1c(CCCCCCCCCCCCCCCC)cccc1CCCCCCCCCCCCCCCC. The van der Waals surface area contributed by atoms with E-state index < -0.39 is 0 Å². The van der Waals surface area contributed by atoms with Crippen LogP contribution in [0.2, 0.25) is 0 Å². The molecule has 0 aliphatic carbocycles. The summed E-state index contributed by atoms with van der Waals surface area (Å²) in [4.78, 5) is 0. The van der Waals surface area contributed by atoms with E-state index in [0.717, 1.165) is 6.42 Å². The summed E-state index contributed by atoms with van der Waals surface area (Å²) >= 11 is 0. The number of hydrogen-bond donors (Lipinski definition) is 0. The van der Waals surface area contributed by atoms with Gasteiger partial charge in [0.1, 0.15) is 0 Å². The molecule has 1 radical (unpaired) electrons. The molecule has 0 fully saturated rings. The van der Waals surface area contributed by atoms with Crippen LogP contribution >= 0.6 is 0 Å². The topological polar surface area (TPSA) is 0 Å². The summed E-state index contributed by atoms with van der Waals surface area (Å²) in [5.74, 6) is 0. The van der Waals surface area contributed by atoms with E-state index in [2.05, 4.69) is 39.0 Å². The largest absolute Gasteiger partial charge is 0.0654 e. The third-order valence-corrected chi connectivity index (χ3v) is 9.22. The van der Waals surface area contributed by atoms with Crippen molar-refractivity contribution in [3.8, 4) is 0 Å².